The van der Waals surface area contributed by atoms with Crippen LogP contribution in [0.15, 0.2) is 29.4 Å². The summed E-state index contributed by atoms with van der Waals surface area (Å²) in [6.07, 6.45) is -4.81. The zero-order valence-electron chi connectivity index (χ0n) is 7.32. The third-order valence-corrected chi connectivity index (χ3v) is 1.50. The number of hydrogen-bond acceptors (Lipinski definition) is 3. The predicted octanol–water partition coefficient (Wildman–Crippen LogP) is 1.68. The second-order valence-corrected chi connectivity index (χ2v) is 2.53. The summed E-state index contributed by atoms with van der Waals surface area (Å²) in [7, 11) is 0. The van der Waals surface area contributed by atoms with E-state index < -0.39 is 17.9 Å². The van der Waals surface area contributed by atoms with Crippen LogP contribution in [0.1, 0.15) is 5.56 Å². The summed E-state index contributed by atoms with van der Waals surface area (Å²) >= 11 is 0. The Bertz CT molecular complexity index is 376. The standard InChI is InChI=1S/C8H7F3N2O2/c9-8(10,11)15-6-4-2-1-3-5(6)7(12)13-14/h1-4,14H,(H2,12,13). The first-order valence-electron chi connectivity index (χ1n) is 3.76. The van der Waals surface area contributed by atoms with Gasteiger partial charge in [-0.25, -0.2) is 0 Å². The molecule has 0 heterocycles. The smallest absolute Gasteiger partial charge is 0.409 e. The predicted molar refractivity (Wildman–Crippen MR) is 45.6 cm³/mol. The van der Waals surface area contributed by atoms with Gasteiger partial charge in [-0.15, -0.1) is 13.2 Å². The van der Waals surface area contributed by atoms with Gasteiger partial charge >= 0.3 is 6.36 Å². The molecule has 82 valence electrons. The van der Waals surface area contributed by atoms with Crippen LogP contribution in [0.2, 0.25) is 0 Å². The Hall–Kier alpha value is -1.92. The topological polar surface area (TPSA) is 67.8 Å². The maximum Gasteiger partial charge on any atom is 0.573 e. The number of hydrogen-bond donors (Lipinski definition) is 2. The van der Waals surface area contributed by atoms with Crippen molar-refractivity contribution < 1.29 is 23.1 Å². The highest BCUT2D eigenvalue weighted by atomic mass is 19.4. The van der Waals surface area contributed by atoms with Gasteiger partial charge in [0.15, 0.2) is 5.84 Å². The largest absolute Gasteiger partial charge is 0.573 e. The van der Waals surface area contributed by atoms with Crippen LogP contribution >= 0.6 is 0 Å². The lowest BCUT2D eigenvalue weighted by molar-refractivity contribution is -0.274. The lowest BCUT2D eigenvalue weighted by Gasteiger charge is -2.11. The zero-order chi connectivity index (χ0) is 11.5. The van der Waals surface area contributed by atoms with E-state index in [1.807, 2.05) is 0 Å². The van der Waals surface area contributed by atoms with E-state index in [1.54, 1.807) is 0 Å². The molecule has 0 unspecified atom stereocenters. The fourth-order valence-electron chi connectivity index (χ4n) is 0.946. The van der Waals surface area contributed by atoms with Crippen LogP contribution < -0.4 is 10.5 Å². The Balaban J connectivity index is 3.07. The minimum Gasteiger partial charge on any atom is -0.409 e. The van der Waals surface area contributed by atoms with Gasteiger partial charge in [-0.3, -0.25) is 0 Å². The van der Waals surface area contributed by atoms with E-state index in [2.05, 4.69) is 9.89 Å². The number of para-hydroxylation sites is 1. The van der Waals surface area contributed by atoms with E-state index in [9.17, 15) is 13.2 Å². The van der Waals surface area contributed by atoms with E-state index in [0.29, 0.717) is 0 Å². The van der Waals surface area contributed by atoms with Gasteiger partial charge in [0, 0.05) is 0 Å². The monoisotopic (exact) mass is 220 g/mol. The van der Waals surface area contributed by atoms with Crippen LogP contribution in [-0.4, -0.2) is 17.4 Å². The summed E-state index contributed by atoms with van der Waals surface area (Å²) in [5.41, 5.74) is 5.04. The highest BCUT2D eigenvalue weighted by Crippen LogP contribution is 2.25. The minimum atomic E-state index is -4.81. The molecule has 0 fully saturated rings. The summed E-state index contributed by atoms with van der Waals surface area (Å²) in [6, 6.07) is 5.10. The number of amidine groups is 1. The van der Waals surface area contributed by atoms with Crippen LogP contribution in [0.4, 0.5) is 13.2 Å². The van der Waals surface area contributed by atoms with Crippen molar-refractivity contribution in [1.29, 1.82) is 0 Å². The second-order valence-electron chi connectivity index (χ2n) is 2.53. The summed E-state index contributed by atoms with van der Waals surface area (Å²) < 4.78 is 39.5. The molecule has 3 N–H and O–H groups in total. The Labute approximate surface area is 82.8 Å². The SMILES string of the molecule is N/C(=N\O)c1ccccc1OC(F)(F)F. The van der Waals surface area contributed by atoms with Crippen LogP contribution in [0.5, 0.6) is 5.75 Å². The number of nitrogens with two attached hydrogens (primary N) is 1. The van der Waals surface area contributed by atoms with E-state index in [0.717, 1.165) is 6.07 Å². The molecular weight excluding hydrogens is 213 g/mol. The number of nitrogens with zero attached hydrogens (tertiary/aromatic N) is 1. The van der Waals surface area contributed by atoms with Crippen LogP contribution in [-0.2, 0) is 0 Å². The number of rotatable bonds is 2. The minimum absolute atomic E-state index is 0.127. The van der Waals surface area contributed by atoms with Crippen LogP contribution in [0.3, 0.4) is 0 Å². The molecule has 7 heteroatoms. The number of halogens is 3. The van der Waals surface area contributed by atoms with Crippen molar-refractivity contribution in [1.82, 2.24) is 0 Å². The van der Waals surface area contributed by atoms with Crippen LogP contribution in [0, 0.1) is 0 Å². The molecule has 0 amide bonds. The molecule has 1 aromatic carbocycles. The molecule has 1 aromatic rings. The average molecular weight is 220 g/mol. The molecular formula is C8H7F3N2O2. The van der Waals surface area contributed by atoms with E-state index in [-0.39, 0.29) is 5.56 Å². The number of ether oxygens (including phenoxy) is 1. The van der Waals surface area contributed by atoms with Crippen molar-refractivity contribution in [3.8, 4) is 5.75 Å². The maximum absolute atomic E-state index is 11.9. The fourth-order valence-corrected chi connectivity index (χ4v) is 0.946. The van der Waals surface area contributed by atoms with Gasteiger partial charge in [0.2, 0.25) is 0 Å². The summed E-state index contributed by atoms with van der Waals surface area (Å²) in [5.74, 6) is -0.963. The molecule has 0 radical (unpaired) electrons. The molecule has 0 aliphatic heterocycles. The van der Waals surface area contributed by atoms with Crippen molar-refractivity contribution in [3.05, 3.63) is 29.8 Å². The Kier molecular flexibility index (Phi) is 3.03. The molecule has 0 saturated heterocycles. The molecule has 0 aromatic heterocycles. The summed E-state index contributed by atoms with van der Waals surface area (Å²) in [4.78, 5) is 0. The second kappa shape index (κ2) is 4.07. The highest BCUT2D eigenvalue weighted by Gasteiger charge is 2.32. The molecule has 0 atom stereocenters. The lowest BCUT2D eigenvalue weighted by atomic mass is 10.2. The quantitative estimate of drug-likeness (QED) is 0.345. The van der Waals surface area contributed by atoms with E-state index in [4.69, 9.17) is 10.9 Å². The number of alkyl halides is 3. The van der Waals surface area contributed by atoms with Crippen molar-refractivity contribution >= 4 is 5.84 Å². The van der Waals surface area contributed by atoms with Gasteiger partial charge in [-0.05, 0) is 12.1 Å². The Morgan fingerprint density at radius 2 is 1.93 bits per heavy atom. The normalized spacial score (nSPS) is 12.6. The summed E-state index contributed by atoms with van der Waals surface area (Å²) in [5, 5.41) is 10.9. The highest BCUT2D eigenvalue weighted by molar-refractivity contribution is 5.99. The van der Waals surface area contributed by atoms with Crippen molar-refractivity contribution in [2.45, 2.75) is 6.36 Å². The molecule has 1 rings (SSSR count). The molecule has 0 bridgehead atoms. The zero-order valence-corrected chi connectivity index (χ0v) is 7.32. The molecule has 0 spiro atoms. The molecule has 4 nitrogen and oxygen atoms in total. The van der Waals surface area contributed by atoms with Crippen molar-refractivity contribution in [2.75, 3.05) is 0 Å². The van der Waals surface area contributed by atoms with Gasteiger partial charge in [-0.1, -0.05) is 17.3 Å². The Morgan fingerprint density at radius 3 is 2.47 bits per heavy atom. The van der Waals surface area contributed by atoms with Gasteiger partial charge < -0.3 is 15.7 Å². The molecule has 0 aliphatic carbocycles. The van der Waals surface area contributed by atoms with Crippen molar-refractivity contribution in [2.24, 2.45) is 10.9 Å². The first kappa shape index (κ1) is 11.2. The van der Waals surface area contributed by atoms with E-state index in [1.165, 1.54) is 18.2 Å². The van der Waals surface area contributed by atoms with Gasteiger partial charge in [0.25, 0.3) is 0 Å². The van der Waals surface area contributed by atoms with Gasteiger partial charge in [0.05, 0.1) is 5.56 Å². The third kappa shape index (κ3) is 3.04. The number of benzene rings is 1. The molecule has 0 saturated carbocycles. The van der Waals surface area contributed by atoms with Crippen molar-refractivity contribution in [3.63, 3.8) is 0 Å². The van der Waals surface area contributed by atoms with E-state index >= 15 is 0 Å². The molecule has 0 aliphatic rings. The first-order valence-corrected chi connectivity index (χ1v) is 3.76. The third-order valence-electron chi connectivity index (χ3n) is 1.50. The summed E-state index contributed by atoms with van der Waals surface area (Å²) in [6.45, 7) is 0. The van der Waals surface area contributed by atoms with Gasteiger partial charge in [0.1, 0.15) is 5.75 Å². The fraction of sp³-hybridized carbons (Fsp3) is 0.125. The number of oxime groups is 1. The first-order chi connectivity index (χ1) is 6.94. The lowest BCUT2D eigenvalue weighted by Crippen LogP contribution is -2.21. The van der Waals surface area contributed by atoms with Crippen LogP contribution in [0.25, 0.3) is 0 Å². The molecule has 15 heavy (non-hydrogen) atoms. The average Bonchev–Trinajstić information content (AvgIpc) is 2.15. The van der Waals surface area contributed by atoms with Gasteiger partial charge in [-0.2, -0.15) is 0 Å². The Morgan fingerprint density at radius 1 is 1.33 bits per heavy atom. The maximum atomic E-state index is 11.9.